The van der Waals surface area contributed by atoms with Crippen LogP contribution in [0.4, 0.5) is 13.2 Å². The molecule has 0 atom stereocenters. The van der Waals surface area contributed by atoms with Crippen LogP contribution in [0.25, 0.3) is 0 Å². The van der Waals surface area contributed by atoms with Gasteiger partial charge < -0.3 is 10.6 Å². The zero-order chi connectivity index (χ0) is 18.4. The van der Waals surface area contributed by atoms with Crippen molar-refractivity contribution in [1.82, 2.24) is 10.6 Å². The van der Waals surface area contributed by atoms with E-state index in [-0.39, 0.29) is 19.0 Å². The molecule has 0 bridgehead atoms. The molecule has 0 aromatic heterocycles. The molecule has 0 heterocycles. The molecule has 0 aliphatic carbocycles. The highest BCUT2D eigenvalue weighted by Crippen LogP contribution is 2.31. The van der Waals surface area contributed by atoms with Gasteiger partial charge in [-0.25, -0.2) is 0 Å². The number of halogens is 3. The summed E-state index contributed by atoms with van der Waals surface area (Å²) in [6, 6.07) is 11.5. The van der Waals surface area contributed by atoms with E-state index in [1.807, 2.05) is 13.0 Å². The maximum absolute atomic E-state index is 12.9. The van der Waals surface area contributed by atoms with Gasteiger partial charge in [0.05, 0.1) is 11.1 Å². The van der Waals surface area contributed by atoms with E-state index in [9.17, 15) is 22.8 Å². The van der Waals surface area contributed by atoms with Crippen LogP contribution in [0.2, 0.25) is 0 Å². The number of hydrogen-bond acceptors (Lipinski definition) is 2. The van der Waals surface area contributed by atoms with Crippen LogP contribution in [-0.2, 0) is 6.18 Å². The zero-order valence-electron chi connectivity index (χ0n) is 13.5. The Morgan fingerprint density at radius 1 is 0.920 bits per heavy atom. The molecule has 0 aliphatic heterocycles. The number of carbonyl (C=O) groups is 2. The minimum atomic E-state index is -4.60. The van der Waals surface area contributed by atoms with E-state index >= 15 is 0 Å². The van der Waals surface area contributed by atoms with Gasteiger partial charge in [-0.15, -0.1) is 0 Å². The van der Waals surface area contributed by atoms with E-state index in [1.165, 1.54) is 12.1 Å². The van der Waals surface area contributed by atoms with Gasteiger partial charge in [0.25, 0.3) is 11.8 Å². The van der Waals surface area contributed by atoms with Gasteiger partial charge in [0.15, 0.2) is 0 Å². The second-order valence-corrected chi connectivity index (χ2v) is 5.42. The van der Waals surface area contributed by atoms with E-state index in [1.54, 1.807) is 18.2 Å². The number of amides is 2. The lowest BCUT2D eigenvalue weighted by Gasteiger charge is -2.13. The number of rotatable bonds is 5. The Morgan fingerprint density at radius 3 is 2.20 bits per heavy atom. The number of alkyl halides is 3. The highest BCUT2D eigenvalue weighted by atomic mass is 19.4. The first-order valence-corrected chi connectivity index (χ1v) is 7.58. The molecule has 0 aliphatic rings. The maximum Gasteiger partial charge on any atom is 0.417 e. The monoisotopic (exact) mass is 350 g/mol. The SMILES string of the molecule is Cc1cccc(C(=O)NCCNC(=O)c2ccccc2C(F)(F)F)c1. The van der Waals surface area contributed by atoms with Gasteiger partial charge in [0.1, 0.15) is 0 Å². The highest BCUT2D eigenvalue weighted by molar-refractivity contribution is 5.96. The minimum Gasteiger partial charge on any atom is -0.350 e. The van der Waals surface area contributed by atoms with Gasteiger partial charge in [0, 0.05) is 18.7 Å². The summed E-state index contributed by atoms with van der Waals surface area (Å²) in [7, 11) is 0. The van der Waals surface area contributed by atoms with Crippen molar-refractivity contribution in [2.45, 2.75) is 13.1 Å². The summed E-state index contributed by atoms with van der Waals surface area (Å²) in [6.45, 7) is 1.98. The Balaban J connectivity index is 1.88. The number of aryl methyl sites for hydroxylation is 1. The van der Waals surface area contributed by atoms with Crippen LogP contribution in [0.15, 0.2) is 48.5 Å². The first kappa shape index (κ1) is 18.5. The molecule has 7 heteroatoms. The first-order chi connectivity index (χ1) is 11.8. The average Bonchev–Trinajstić information content (AvgIpc) is 2.57. The molecule has 4 nitrogen and oxygen atoms in total. The third kappa shape index (κ3) is 5.07. The molecule has 0 fully saturated rings. The molecule has 2 N–H and O–H groups in total. The Hall–Kier alpha value is -2.83. The summed E-state index contributed by atoms with van der Waals surface area (Å²) in [4.78, 5) is 23.9. The molecule has 0 unspecified atom stereocenters. The highest BCUT2D eigenvalue weighted by Gasteiger charge is 2.34. The summed E-state index contributed by atoms with van der Waals surface area (Å²) in [5.41, 5.74) is -0.0187. The molecule has 0 radical (unpaired) electrons. The first-order valence-electron chi connectivity index (χ1n) is 7.58. The summed E-state index contributed by atoms with van der Waals surface area (Å²) < 4.78 is 38.7. The predicted octanol–water partition coefficient (Wildman–Crippen LogP) is 3.17. The Kier molecular flexibility index (Phi) is 5.80. The third-order valence-electron chi connectivity index (χ3n) is 3.45. The van der Waals surface area contributed by atoms with Crippen LogP contribution in [0.5, 0.6) is 0 Å². The van der Waals surface area contributed by atoms with Gasteiger partial charge in [0.2, 0.25) is 0 Å². The molecule has 2 amide bonds. The molecule has 132 valence electrons. The van der Waals surface area contributed by atoms with Gasteiger partial charge in [-0.1, -0.05) is 29.8 Å². The van der Waals surface area contributed by atoms with Gasteiger partial charge in [-0.3, -0.25) is 9.59 Å². The van der Waals surface area contributed by atoms with E-state index in [0.29, 0.717) is 5.56 Å². The van der Waals surface area contributed by atoms with Crippen LogP contribution < -0.4 is 10.6 Å². The Morgan fingerprint density at radius 2 is 1.56 bits per heavy atom. The number of carbonyl (C=O) groups excluding carboxylic acids is 2. The topological polar surface area (TPSA) is 58.2 Å². The van der Waals surface area contributed by atoms with Crippen molar-refractivity contribution in [2.24, 2.45) is 0 Å². The number of hydrogen-bond donors (Lipinski definition) is 2. The van der Waals surface area contributed by atoms with Crippen molar-refractivity contribution in [1.29, 1.82) is 0 Å². The summed E-state index contributed by atoms with van der Waals surface area (Å²) in [5.74, 6) is -1.15. The lowest BCUT2D eigenvalue weighted by atomic mass is 10.1. The Bertz CT molecular complexity index is 773. The fraction of sp³-hybridized carbons (Fsp3) is 0.222. The summed E-state index contributed by atoms with van der Waals surface area (Å²) >= 11 is 0. The normalized spacial score (nSPS) is 11.0. The van der Waals surface area contributed by atoms with Crippen molar-refractivity contribution >= 4 is 11.8 Å². The summed E-state index contributed by atoms with van der Waals surface area (Å²) in [6.07, 6.45) is -4.60. The Labute approximate surface area is 143 Å². The summed E-state index contributed by atoms with van der Waals surface area (Å²) in [5, 5.41) is 4.98. The lowest BCUT2D eigenvalue weighted by Crippen LogP contribution is -2.35. The molecule has 2 rings (SSSR count). The third-order valence-corrected chi connectivity index (χ3v) is 3.45. The minimum absolute atomic E-state index is 0.0164. The van der Waals surface area contributed by atoms with Crippen LogP contribution >= 0.6 is 0 Å². The van der Waals surface area contributed by atoms with Crippen LogP contribution in [0, 0.1) is 6.92 Å². The van der Waals surface area contributed by atoms with Gasteiger partial charge >= 0.3 is 6.18 Å². The fourth-order valence-electron chi connectivity index (χ4n) is 2.26. The molecule has 2 aromatic carbocycles. The van der Waals surface area contributed by atoms with Gasteiger partial charge in [-0.05, 0) is 31.2 Å². The van der Waals surface area contributed by atoms with E-state index in [0.717, 1.165) is 17.7 Å². The van der Waals surface area contributed by atoms with Crippen molar-refractivity contribution in [3.05, 3.63) is 70.8 Å². The van der Waals surface area contributed by atoms with Gasteiger partial charge in [-0.2, -0.15) is 13.2 Å². The average molecular weight is 350 g/mol. The van der Waals surface area contributed by atoms with E-state index in [4.69, 9.17) is 0 Å². The molecule has 0 saturated carbocycles. The second kappa shape index (κ2) is 7.83. The van der Waals surface area contributed by atoms with E-state index < -0.39 is 23.2 Å². The van der Waals surface area contributed by atoms with Crippen LogP contribution in [0.3, 0.4) is 0 Å². The van der Waals surface area contributed by atoms with E-state index in [2.05, 4.69) is 10.6 Å². The van der Waals surface area contributed by atoms with Crippen molar-refractivity contribution in [3.63, 3.8) is 0 Å². The van der Waals surface area contributed by atoms with Crippen molar-refractivity contribution < 1.29 is 22.8 Å². The number of nitrogens with one attached hydrogen (secondary N) is 2. The van der Waals surface area contributed by atoms with Crippen molar-refractivity contribution in [2.75, 3.05) is 13.1 Å². The fourth-order valence-corrected chi connectivity index (χ4v) is 2.26. The number of benzene rings is 2. The van der Waals surface area contributed by atoms with Crippen LogP contribution in [-0.4, -0.2) is 24.9 Å². The molecule has 2 aromatic rings. The standard InChI is InChI=1S/C18H17F3N2O2/c1-12-5-4-6-13(11-12)16(24)22-9-10-23-17(25)14-7-2-3-8-15(14)18(19,20)21/h2-8,11H,9-10H2,1H3,(H,22,24)(H,23,25). The quantitative estimate of drug-likeness (QED) is 0.814. The predicted molar refractivity (Wildman–Crippen MR) is 87.3 cm³/mol. The van der Waals surface area contributed by atoms with Crippen LogP contribution in [0.1, 0.15) is 31.8 Å². The molecular formula is C18H17F3N2O2. The molecular weight excluding hydrogens is 333 g/mol. The largest absolute Gasteiger partial charge is 0.417 e. The zero-order valence-corrected chi connectivity index (χ0v) is 13.5. The molecule has 25 heavy (non-hydrogen) atoms. The lowest BCUT2D eigenvalue weighted by molar-refractivity contribution is -0.137. The smallest absolute Gasteiger partial charge is 0.350 e. The maximum atomic E-state index is 12.9. The molecule has 0 spiro atoms. The second-order valence-electron chi connectivity index (χ2n) is 5.42. The van der Waals surface area contributed by atoms with Crippen molar-refractivity contribution in [3.8, 4) is 0 Å². The molecule has 0 saturated heterocycles.